The van der Waals surface area contributed by atoms with Crippen molar-refractivity contribution < 1.29 is 0 Å². The Hall–Kier alpha value is -0.340. The van der Waals surface area contributed by atoms with E-state index in [1.165, 1.54) is 12.0 Å². The Morgan fingerprint density at radius 1 is 1.50 bits per heavy atom. The fourth-order valence-electron chi connectivity index (χ4n) is 0.742. The van der Waals surface area contributed by atoms with E-state index in [1.807, 2.05) is 0 Å². The van der Waals surface area contributed by atoms with Crippen molar-refractivity contribution in [3.63, 3.8) is 0 Å². The van der Waals surface area contributed by atoms with Gasteiger partial charge in [0.1, 0.15) is 0 Å². The van der Waals surface area contributed by atoms with Crippen LogP contribution < -0.4 is 11.1 Å². The van der Waals surface area contributed by atoms with Crippen molar-refractivity contribution in [1.82, 2.24) is 5.32 Å². The summed E-state index contributed by atoms with van der Waals surface area (Å²) in [7, 11) is 0. The lowest BCUT2D eigenvalue weighted by Crippen LogP contribution is -2.23. The minimum Gasteiger partial charge on any atom is -0.329 e. The van der Waals surface area contributed by atoms with Crippen molar-refractivity contribution in [3.8, 4) is 0 Å². The highest BCUT2D eigenvalue weighted by Crippen LogP contribution is 1.97. The van der Waals surface area contributed by atoms with Crippen LogP contribution in [0.25, 0.3) is 0 Å². The van der Waals surface area contributed by atoms with Crippen molar-refractivity contribution in [2.24, 2.45) is 5.73 Å². The number of allylic oxidation sites excluding steroid dienone is 1. The van der Waals surface area contributed by atoms with Crippen LogP contribution in [0.4, 0.5) is 0 Å². The molecular weight excluding hydrogens is 124 g/mol. The van der Waals surface area contributed by atoms with Gasteiger partial charge in [0, 0.05) is 13.1 Å². The lowest BCUT2D eigenvalue weighted by atomic mass is 10.2. The van der Waals surface area contributed by atoms with Gasteiger partial charge in [0.25, 0.3) is 0 Å². The molecule has 0 bridgehead atoms. The van der Waals surface area contributed by atoms with E-state index < -0.39 is 0 Å². The topological polar surface area (TPSA) is 38.0 Å². The number of nitrogens with two attached hydrogens (primary N) is 1. The van der Waals surface area contributed by atoms with Crippen molar-refractivity contribution >= 4 is 0 Å². The zero-order valence-electron chi connectivity index (χ0n) is 6.82. The number of hydrogen-bond acceptors (Lipinski definition) is 2. The Morgan fingerprint density at radius 3 is 2.70 bits per heavy atom. The third-order valence-electron chi connectivity index (χ3n) is 1.28. The molecule has 0 heterocycles. The molecule has 0 amide bonds. The Balaban J connectivity index is 2.84. The monoisotopic (exact) mass is 142 g/mol. The third kappa shape index (κ3) is 7.66. The zero-order chi connectivity index (χ0) is 7.82. The summed E-state index contributed by atoms with van der Waals surface area (Å²) in [5.41, 5.74) is 6.55. The molecule has 0 atom stereocenters. The summed E-state index contributed by atoms with van der Waals surface area (Å²) in [6.45, 7) is 8.59. The molecule has 0 aliphatic carbocycles. The fraction of sp³-hybridized carbons (Fsp3) is 0.750. The molecule has 0 aromatic rings. The van der Waals surface area contributed by atoms with E-state index in [0.29, 0.717) is 0 Å². The largest absolute Gasteiger partial charge is 0.329 e. The summed E-state index contributed by atoms with van der Waals surface area (Å²) in [4.78, 5) is 0. The molecule has 0 aliphatic heterocycles. The van der Waals surface area contributed by atoms with E-state index in [9.17, 15) is 0 Å². The predicted octanol–water partition coefficient (Wildman–Crippen LogP) is 0.891. The molecule has 3 N–H and O–H groups in total. The Kier molecular flexibility index (Phi) is 6.55. The lowest BCUT2D eigenvalue weighted by molar-refractivity contribution is 0.652. The smallest absolute Gasteiger partial charge is 0.00745 e. The highest BCUT2D eigenvalue weighted by atomic mass is 14.9. The zero-order valence-corrected chi connectivity index (χ0v) is 6.82. The second-order valence-electron chi connectivity index (χ2n) is 2.60. The summed E-state index contributed by atoms with van der Waals surface area (Å²) in [6.07, 6.45) is 2.30. The summed E-state index contributed by atoms with van der Waals surface area (Å²) >= 11 is 0. The van der Waals surface area contributed by atoms with Crippen LogP contribution in [0.15, 0.2) is 12.2 Å². The van der Waals surface area contributed by atoms with E-state index >= 15 is 0 Å². The van der Waals surface area contributed by atoms with E-state index in [1.54, 1.807) is 0 Å². The Morgan fingerprint density at radius 2 is 2.20 bits per heavy atom. The molecule has 0 saturated carbocycles. The second kappa shape index (κ2) is 6.78. The standard InChI is InChI=1S/C8H18N2/c1-8(2)4-3-6-10-7-5-9/h10H,1,3-7,9H2,2H3. The second-order valence-corrected chi connectivity index (χ2v) is 2.60. The van der Waals surface area contributed by atoms with Gasteiger partial charge >= 0.3 is 0 Å². The van der Waals surface area contributed by atoms with Crippen LogP contribution >= 0.6 is 0 Å². The molecule has 0 fully saturated rings. The first-order valence-corrected chi connectivity index (χ1v) is 3.82. The minimum absolute atomic E-state index is 0.729. The molecule has 10 heavy (non-hydrogen) atoms. The maximum atomic E-state index is 5.29. The molecule has 0 rings (SSSR count). The van der Waals surface area contributed by atoms with Crippen molar-refractivity contribution in [2.45, 2.75) is 19.8 Å². The average Bonchev–Trinajstić information content (AvgIpc) is 1.87. The van der Waals surface area contributed by atoms with E-state index in [2.05, 4.69) is 18.8 Å². The predicted molar refractivity (Wildman–Crippen MR) is 46.0 cm³/mol. The van der Waals surface area contributed by atoms with Gasteiger partial charge in [-0.3, -0.25) is 0 Å². The molecule has 0 spiro atoms. The van der Waals surface area contributed by atoms with Crippen LogP contribution in [-0.4, -0.2) is 19.6 Å². The molecule has 0 unspecified atom stereocenters. The van der Waals surface area contributed by atoms with Gasteiger partial charge in [-0.15, -0.1) is 6.58 Å². The minimum atomic E-state index is 0.729. The molecular formula is C8H18N2. The molecule has 0 saturated heterocycles. The summed E-state index contributed by atoms with van der Waals surface area (Å²) in [6, 6.07) is 0. The highest BCUT2D eigenvalue weighted by Gasteiger charge is 1.86. The molecule has 2 heteroatoms. The quantitative estimate of drug-likeness (QED) is 0.427. The maximum absolute atomic E-state index is 5.29. The van der Waals surface area contributed by atoms with E-state index in [4.69, 9.17) is 5.73 Å². The van der Waals surface area contributed by atoms with Gasteiger partial charge in [-0.05, 0) is 26.3 Å². The lowest BCUT2D eigenvalue weighted by Gasteiger charge is -2.01. The highest BCUT2D eigenvalue weighted by molar-refractivity contribution is 4.87. The number of hydrogen-bond donors (Lipinski definition) is 2. The molecule has 0 aliphatic rings. The van der Waals surface area contributed by atoms with Crippen LogP contribution in [0, 0.1) is 0 Å². The summed E-state index contributed by atoms with van der Waals surface area (Å²) in [5, 5.41) is 3.22. The average molecular weight is 142 g/mol. The molecule has 0 aromatic carbocycles. The van der Waals surface area contributed by atoms with Crippen LogP contribution in [0.1, 0.15) is 19.8 Å². The van der Waals surface area contributed by atoms with Gasteiger partial charge < -0.3 is 11.1 Å². The van der Waals surface area contributed by atoms with Gasteiger partial charge in [0.2, 0.25) is 0 Å². The number of rotatable bonds is 6. The van der Waals surface area contributed by atoms with Crippen LogP contribution in [-0.2, 0) is 0 Å². The van der Waals surface area contributed by atoms with Crippen molar-refractivity contribution in [3.05, 3.63) is 12.2 Å². The molecule has 0 radical (unpaired) electrons. The Bertz CT molecular complexity index is 89.3. The molecule has 0 aromatic heterocycles. The van der Waals surface area contributed by atoms with Crippen molar-refractivity contribution in [2.75, 3.05) is 19.6 Å². The van der Waals surface area contributed by atoms with Crippen LogP contribution in [0.2, 0.25) is 0 Å². The van der Waals surface area contributed by atoms with Crippen LogP contribution in [0.3, 0.4) is 0 Å². The fourth-order valence-corrected chi connectivity index (χ4v) is 0.742. The van der Waals surface area contributed by atoms with E-state index in [0.717, 1.165) is 26.1 Å². The van der Waals surface area contributed by atoms with Crippen molar-refractivity contribution in [1.29, 1.82) is 0 Å². The maximum Gasteiger partial charge on any atom is 0.00745 e. The third-order valence-corrected chi connectivity index (χ3v) is 1.28. The van der Waals surface area contributed by atoms with Gasteiger partial charge in [-0.1, -0.05) is 5.57 Å². The first-order valence-electron chi connectivity index (χ1n) is 3.82. The molecule has 2 nitrogen and oxygen atoms in total. The van der Waals surface area contributed by atoms with Gasteiger partial charge in [-0.25, -0.2) is 0 Å². The summed E-state index contributed by atoms with van der Waals surface area (Å²) < 4.78 is 0. The van der Waals surface area contributed by atoms with E-state index in [-0.39, 0.29) is 0 Å². The van der Waals surface area contributed by atoms with Gasteiger partial charge in [0.05, 0.1) is 0 Å². The molecule has 60 valence electrons. The normalized spacial score (nSPS) is 9.80. The Labute approximate surface area is 63.5 Å². The first kappa shape index (κ1) is 9.66. The van der Waals surface area contributed by atoms with Crippen LogP contribution in [0.5, 0.6) is 0 Å². The first-order chi connectivity index (χ1) is 4.77. The van der Waals surface area contributed by atoms with Gasteiger partial charge in [-0.2, -0.15) is 0 Å². The number of nitrogens with one attached hydrogen (secondary N) is 1. The SMILES string of the molecule is C=C(C)CCCNCCN. The summed E-state index contributed by atoms with van der Waals surface area (Å²) in [5.74, 6) is 0. The van der Waals surface area contributed by atoms with Gasteiger partial charge in [0.15, 0.2) is 0 Å².